The smallest absolute Gasteiger partial charge is 0.285 e. The molecule has 0 amide bonds. The van der Waals surface area contributed by atoms with Gasteiger partial charge in [-0.15, -0.1) is 4.40 Å². The second-order valence-electron chi connectivity index (χ2n) is 5.22. The molecule has 0 aliphatic carbocycles. The Morgan fingerprint density at radius 3 is 2.68 bits per heavy atom. The number of nitrogens with zero attached hydrogens (tertiary/aromatic N) is 4. The van der Waals surface area contributed by atoms with Crippen molar-refractivity contribution < 1.29 is 13.5 Å². The predicted molar refractivity (Wildman–Crippen MR) is 92.8 cm³/mol. The van der Waals surface area contributed by atoms with Crippen LogP contribution in [0.1, 0.15) is 17.5 Å². The fourth-order valence-electron chi connectivity index (χ4n) is 2.38. The van der Waals surface area contributed by atoms with Crippen molar-refractivity contribution in [1.82, 2.24) is 5.01 Å². The molecule has 25 heavy (non-hydrogen) atoms. The van der Waals surface area contributed by atoms with Crippen molar-refractivity contribution in [2.24, 2.45) is 9.50 Å². The normalized spacial score (nSPS) is 14.8. The Kier molecular flexibility index (Phi) is 4.50. The number of phenolic OH excluding ortho intramolecular Hbond substituents is 1. The summed E-state index contributed by atoms with van der Waals surface area (Å²) in [6.45, 7) is 0.170. The van der Waals surface area contributed by atoms with Crippen LogP contribution in [-0.2, 0) is 10.0 Å². The van der Waals surface area contributed by atoms with Gasteiger partial charge in [0, 0.05) is 11.1 Å². The Bertz CT molecular complexity index is 1010. The number of sulfonamides is 1. The maximum Gasteiger partial charge on any atom is 0.285 e. The van der Waals surface area contributed by atoms with E-state index in [1.54, 1.807) is 36.4 Å². The maximum atomic E-state index is 12.2. The number of hydrogen-bond donors (Lipinski definition) is 1. The molecule has 126 valence electrons. The highest BCUT2D eigenvalue weighted by Gasteiger charge is 2.31. The summed E-state index contributed by atoms with van der Waals surface area (Å²) in [5.74, 6) is 0.213. The first kappa shape index (κ1) is 16.7. The second-order valence-corrected chi connectivity index (χ2v) is 6.79. The number of rotatable bonds is 4. The van der Waals surface area contributed by atoms with E-state index in [9.17, 15) is 13.5 Å². The standard InChI is InChI=1S/C17H14N4O3S/c18-10-5-11-21(19-12-13-6-1-3-8-15(13)22)17-14-7-2-4-9-16(14)25(23,24)20-17/h1-4,6-9,12,22H,5,11H2. The van der Waals surface area contributed by atoms with Crippen LogP contribution in [0.25, 0.3) is 0 Å². The first-order valence-electron chi connectivity index (χ1n) is 7.44. The molecule has 0 saturated carbocycles. The van der Waals surface area contributed by atoms with Crippen molar-refractivity contribution in [1.29, 1.82) is 5.26 Å². The number of hydrazone groups is 1. The molecule has 2 aromatic rings. The third-order valence-corrected chi connectivity index (χ3v) is 4.89. The zero-order valence-electron chi connectivity index (χ0n) is 13.1. The number of aromatic hydroxyl groups is 1. The molecule has 1 aliphatic heterocycles. The quantitative estimate of drug-likeness (QED) is 0.668. The lowest BCUT2D eigenvalue weighted by atomic mass is 10.2. The minimum atomic E-state index is -3.78. The lowest BCUT2D eigenvalue weighted by Gasteiger charge is -2.17. The number of para-hydroxylation sites is 1. The van der Waals surface area contributed by atoms with Crippen molar-refractivity contribution in [2.45, 2.75) is 11.3 Å². The Balaban J connectivity index is 2.00. The van der Waals surface area contributed by atoms with Crippen molar-refractivity contribution in [3.8, 4) is 11.8 Å². The summed E-state index contributed by atoms with van der Waals surface area (Å²) in [4.78, 5) is 0.115. The van der Waals surface area contributed by atoms with Crippen LogP contribution in [0.5, 0.6) is 5.75 Å². The molecular weight excluding hydrogens is 340 g/mol. The summed E-state index contributed by atoms with van der Waals surface area (Å²) in [5, 5.41) is 24.3. The van der Waals surface area contributed by atoms with Gasteiger partial charge in [-0.25, -0.2) is 5.01 Å². The molecule has 2 aromatic carbocycles. The van der Waals surface area contributed by atoms with Crippen molar-refractivity contribution in [2.75, 3.05) is 6.54 Å². The van der Waals surface area contributed by atoms with Crippen molar-refractivity contribution >= 4 is 22.1 Å². The second kappa shape index (κ2) is 6.75. The molecule has 8 heteroatoms. The van der Waals surface area contributed by atoms with E-state index < -0.39 is 10.0 Å². The SMILES string of the molecule is N#CCCN(N=Cc1ccccc1O)C1=NS(=O)(=O)c2ccccc21. The van der Waals surface area contributed by atoms with Gasteiger partial charge in [0.25, 0.3) is 10.0 Å². The first-order valence-corrected chi connectivity index (χ1v) is 8.88. The third-order valence-electron chi connectivity index (χ3n) is 3.57. The molecule has 0 saturated heterocycles. The van der Waals surface area contributed by atoms with E-state index in [1.807, 2.05) is 6.07 Å². The van der Waals surface area contributed by atoms with Crippen LogP contribution in [0.4, 0.5) is 0 Å². The summed E-state index contributed by atoms with van der Waals surface area (Å²) in [5.41, 5.74) is 0.911. The van der Waals surface area contributed by atoms with E-state index in [2.05, 4.69) is 9.50 Å². The average molecular weight is 354 g/mol. The van der Waals surface area contributed by atoms with E-state index in [4.69, 9.17) is 5.26 Å². The van der Waals surface area contributed by atoms with Gasteiger partial charge in [-0.3, -0.25) is 0 Å². The van der Waals surface area contributed by atoms with E-state index in [1.165, 1.54) is 23.4 Å². The monoisotopic (exact) mass is 354 g/mol. The van der Waals surface area contributed by atoms with E-state index >= 15 is 0 Å². The van der Waals surface area contributed by atoms with Gasteiger partial charge < -0.3 is 5.11 Å². The first-order chi connectivity index (χ1) is 12.0. The number of amidine groups is 1. The van der Waals surface area contributed by atoms with Crippen LogP contribution in [-0.4, -0.2) is 37.1 Å². The highest BCUT2D eigenvalue weighted by molar-refractivity contribution is 7.90. The zero-order valence-corrected chi connectivity index (χ0v) is 13.9. The zero-order chi connectivity index (χ0) is 17.9. The van der Waals surface area contributed by atoms with Crippen molar-refractivity contribution in [3.63, 3.8) is 0 Å². The molecule has 1 N–H and O–H groups in total. The molecule has 1 aliphatic rings. The summed E-state index contributed by atoms with van der Waals surface area (Å²) in [6, 6.07) is 15.1. The summed E-state index contributed by atoms with van der Waals surface area (Å²) in [6.07, 6.45) is 1.54. The molecule has 1 heterocycles. The molecule has 0 unspecified atom stereocenters. The van der Waals surface area contributed by atoms with E-state index in [-0.39, 0.29) is 29.4 Å². The van der Waals surface area contributed by atoms with Gasteiger partial charge >= 0.3 is 0 Å². The van der Waals surface area contributed by atoms with Gasteiger partial charge in [-0.1, -0.05) is 24.3 Å². The topological polar surface area (TPSA) is 106 Å². The molecule has 0 fully saturated rings. The highest BCUT2D eigenvalue weighted by atomic mass is 32.2. The Morgan fingerprint density at radius 1 is 1.20 bits per heavy atom. The maximum absolute atomic E-state index is 12.2. The largest absolute Gasteiger partial charge is 0.507 e. The lowest BCUT2D eigenvalue weighted by Crippen LogP contribution is -2.27. The number of nitriles is 1. The highest BCUT2D eigenvalue weighted by Crippen LogP contribution is 2.27. The summed E-state index contributed by atoms with van der Waals surface area (Å²) < 4.78 is 28.2. The Hall–Kier alpha value is -3.18. The van der Waals surface area contributed by atoms with Crippen LogP contribution in [0, 0.1) is 11.3 Å². The van der Waals surface area contributed by atoms with Crippen LogP contribution in [0.3, 0.4) is 0 Å². The minimum absolute atomic E-state index is 0.0489. The minimum Gasteiger partial charge on any atom is -0.507 e. The van der Waals surface area contributed by atoms with Crippen LogP contribution >= 0.6 is 0 Å². The molecule has 7 nitrogen and oxygen atoms in total. The molecule has 0 radical (unpaired) electrons. The average Bonchev–Trinajstić information content (AvgIpc) is 2.88. The van der Waals surface area contributed by atoms with Gasteiger partial charge in [0.05, 0.1) is 25.2 Å². The van der Waals surface area contributed by atoms with Gasteiger partial charge in [-0.05, 0) is 24.3 Å². The molecule has 0 aromatic heterocycles. The Morgan fingerprint density at radius 2 is 1.92 bits per heavy atom. The fraction of sp³-hybridized carbons (Fsp3) is 0.118. The molecule has 0 atom stereocenters. The molecule has 0 spiro atoms. The number of fused-ring (bicyclic) bond motifs is 1. The van der Waals surface area contributed by atoms with E-state index in [0.717, 1.165) is 0 Å². The number of benzene rings is 2. The van der Waals surface area contributed by atoms with Gasteiger partial charge in [-0.2, -0.15) is 18.8 Å². The van der Waals surface area contributed by atoms with Crippen molar-refractivity contribution in [3.05, 3.63) is 59.7 Å². The fourth-order valence-corrected chi connectivity index (χ4v) is 3.58. The summed E-state index contributed by atoms with van der Waals surface area (Å²) in [7, 11) is -3.78. The lowest BCUT2D eigenvalue weighted by molar-refractivity contribution is 0.456. The van der Waals surface area contributed by atoms with Gasteiger partial charge in [0.2, 0.25) is 0 Å². The van der Waals surface area contributed by atoms with Gasteiger partial charge in [0.15, 0.2) is 5.84 Å². The van der Waals surface area contributed by atoms with Crippen LogP contribution < -0.4 is 0 Å². The molecule has 3 rings (SSSR count). The predicted octanol–water partition coefficient (Wildman–Crippen LogP) is 2.09. The number of phenols is 1. The molecular formula is C17H14N4O3S. The Labute approximate surface area is 145 Å². The number of hydrogen-bond acceptors (Lipinski definition) is 6. The third kappa shape index (κ3) is 3.36. The van der Waals surface area contributed by atoms with Gasteiger partial charge in [0.1, 0.15) is 10.6 Å². The summed E-state index contributed by atoms with van der Waals surface area (Å²) >= 11 is 0. The van der Waals surface area contributed by atoms with Crippen LogP contribution in [0.15, 0.2) is 62.9 Å². The molecule has 0 bridgehead atoms. The van der Waals surface area contributed by atoms with E-state index in [0.29, 0.717) is 11.1 Å². The van der Waals surface area contributed by atoms with Crippen LogP contribution in [0.2, 0.25) is 0 Å².